The summed E-state index contributed by atoms with van der Waals surface area (Å²) in [5.74, 6) is 0.315. The van der Waals surface area contributed by atoms with Crippen LogP contribution in [0.15, 0.2) is 16.5 Å². The third-order valence-corrected chi connectivity index (χ3v) is 3.69. The van der Waals surface area contributed by atoms with Gasteiger partial charge in [0.25, 0.3) is 0 Å². The molecule has 0 saturated heterocycles. The highest BCUT2D eigenvalue weighted by Gasteiger charge is 2.18. The SMILES string of the molecule is CC(C)c1nn(C)c(Sc2ncnn2C)c1N. The van der Waals surface area contributed by atoms with Gasteiger partial charge in [0.1, 0.15) is 11.4 Å². The molecule has 17 heavy (non-hydrogen) atoms. The fourth-order valence-corrected chi connectivity index (χ4v) is 2.40. The topological polar surface area (TPSA) is 74.5 Å². The molecule has 92 valence electrons. The third-order valence-electron chi connectivity index (χ3n) is 2.46. The minimum absolute atomic E-state index is 0.315. The van der Waals surface area contributed by atoms with Gasteiger partial charge in [0.15, 0.2) is 5.16 Å². The lowest BCUT2D eigenvalue weighted by Crippen LogP contribution is -1.97. The van der Waals surface area contributed by atoms with E-state index in [1.165, 1.54) is 18.1 Å². The number of aromatic nitrogens is 5. The molecule has 0 spiro atoms. The molecule has 0 aliphatic carbocycles. The molecular formula is C10H16N6S. The predicted octanol–water partition coefficient (Wildman–Crippen LogP) is 1.41. The van der Waals surface area contributed by atoms with Crippen LogP contribution >= 0.6 is 11.8 Å². The van der Waals surface area contributed by atoms with Crippen LogP contribution in [0.2, 0.25) is 0 Å². The van der Waals surface area contributed by atoms with E-state index in [0.29, 0.717) is 5.92 Å². The Morgan fingerprint density at radius 2 is 2.00 bits per heavy atom. The molecule has 0 atom stereocenters. The fraction of sp³-hybridized carbons (Fsp3) is 0.500. The molecule has 0 fully saturated rings. The van der Waals surface area contributed by atoms with Crippen molar-refractivity contribution < 1.29 is 0 Å². The van der Waals surface area contributed by atoms with Crippen molar-refractivity contribution in [1.82, 2.24) is 24.5 Å². The lowest BCUT2D eigenvalue weighted by atomic mass is 10.1. The number of nitrogen functional groups attached to an aromatic ring is 1. The second-order valence-electron chi connectivity index (χ2n) is 4.15. The van der Waals surface area contributed by atoms with E-state index in [4.69, 9.17) is 5.73 Å². The van der Waals surface area contributed by atoms with Crippen LogP contribution in [0.4, 0.5) is 5.69 Å². The quantitative estimate of drug-likeness (QED) is 0.894. The largest absolute Gasteiger partial charge is 0.395 e. The Bertz CT molecular complexity index is 527. The molecule has 2 rings (SSSR count). The van der Waals surface area contributed by atoms with Gasteiger partial charge < -0.3 is 5.73 Å². The summed E-state index contributed by atoms with van der Waals surface area (Å²) in [5.41, 5.74) is 7.77. The second-order valence-corrected chi connectivity index (χ2v) is 5.11. The molecule has 0 bridgehead atoms. The van der Waals surface area contributed by atoms with Crippen molar-refractivity contribution in [3.63, 3.8) is 0 Å². The Morgan fingerprint density at radius 1 is 1.29 bits per heavy atom. The summed E-state index contributed by atoms with van der Waals surface area (Å²) in [6, 6.07) is 0. The average molecular weight is 252 g/mol. The molecule has 2 aromatic heterocycles. The summed E-state index contributed by atoms with van der Waals surface area (Å²) < 4.78 is 3.51. The van der Waals surface area contributed by atoms with Crippen LogP contribution in [0.1, 0.15) is 25.5 Å². The Kier molecular flexibility index (Phi) is 3.10. The first kappa shape index (κ1) is 12.0. The number of hydrogen-bond acceptors (Lipinski definition) is 5. The first-order valence-corrected chi connectivity index (χ1v) is 6.16. The number of anilines is 1. The van der Waals surface area contributed by atoms with Gasteiger partial charge in [0.05, 0.1) is 11.4 Å². The van der Waals surface area contributed by atoms with Gasteiger partial charge in [-0.15, -0.1) is 0 Å². The monoisotopic (exact) mass is 252 g/mol. The molecule has 2 heterocycles. The fourth-order valence-electron chi connectivity index (χ4n) is 1.56. The van der Waals surface area contributed by atoms with Crippen molar-refractivity contribution in [1.29, 1.82) is 0 Å². The Balaban J connectivity index is 2.37. The standard InChI is InChI=1S/C10H16N6S/c1-6(2)8-7(11)9(15(3)14-8)17-10-12-5-13-16(10)4/h5-6H,11H2,1-4H3. The zero-order valence-corrected chi connectivity index (χ0v) is 11.2. The van der Waals surface area contributed by atoms with Gasteiger partial charge in [-0.1, -0.05) is 13.8 Å². The zero-order valence-electron chi connectivity index (χ0n) is 10.4. The molecule has 0 radical (unpaired) electrons. The lowest BCUT2D eigenvalue weighted by Gasteiger charge is -2.02. The predicted molar refractivity (Wildman–Crippen MR) is 66.8 cm³/mol. The van der Waals surface area contributed by atoms with Crippen molar-refractivity contribution in [2.24, 2.45) is 14.1 Å². The number of aryl methyl sites for hydroxylation is 2. The summed E-state index contributed by atoms with van der Waals surface area (Å²) in [6.45, 7) is 4.16. The Hall–Kier alpha value is -1.50. The van der Waals surface area contributed by atoms with Crippen molar-refractivity contribution in [3.05, 3.63) is 12.0 Å². The van der Waals surface area contributed by atoms with Gasteiger partial charge in [-0.3, -0.25) is 4.68 Å². The van der Waals surface area contributed by atoms with Crippen LogP contribution in [0, 0.1) is 0 Å². The number of nitrogens with two attached hydrogens (primary N) is 1. The Labute approximate surface area is 104 Å². The van der Waals surface area contributed by atoms with E-state index in [9.17, 15) is 0 Å². The first-order valence-electron chi connectivity index (χ1n) is 5.35. The maximum absolute atomic E-state index is 6.11. The summed E-state index contributed by atoms with van der Waals surface area (Å²) in [4.78, 5) is 4.17. The molecule has 0 saturated carbocycles. The highest BCUT2D eigenvalue weighted by atomic mass is 32.2. The van der Waals surface area contributed by atoms with Crippen molar-refractivity contribution in [2.45, 2.75) is 29.9 Å². The van der Waals surface area contributed by atoms with Gasteiger partial charge in [0.2, 0.25) is 0 Å². The van der Waals surface area contributed by atoms with E-state index in [1.807, 2.05) is 14.1 Å². The maximum atomic E-state index is 6.11. The van der Waals surface area contributed by atoms with Crippen molar-refractivity contribution in [2.75, 3.05) is 5.73 Å². The summed E-state index contributed by atoms with van der Waals surface area (Å²) >= 11 is 1.48. The molecule has 7 heteroatoms. The summed E-state index contributed by atoms with van der Waals surface area (Å²) in [5, 5.41) is 10.2. The number of hydrogen-bond donors (Lipinski definition) is 1. The molecule has 0 amide bonds. The highest BCUT2D eigenvalue weighted by molar-refractivity contribution is 7.99. The average Bonchev–Trinajstić information content (AvgIpc) is 2.77. The zero-order chi connectivity index (χ0) is 12.6. The van der Waals surface area contributed by atoms with E-state index in [1.54, 1.807) is 9.36 Å². The minimum Gasteiger partial charge on any atom is -0.395 e. The molecule has 6 nitrogen and oxygen atoms in total. The minimum atomic E-state index is 0.315. The van der Waals surface area contributed by atoms with E-state index in [0.717, 1.165) is 21.6 Å². The first-order chi connectivity index (χ1) is 8.00. The molecular weight excluding hydrogens is 236 g/mol. The van der Waals surface area contributed by atoms with E-state index in [-0.39, 0.29) is 0 Å². The smallest absolute Gasteiger partial charge is 0.192 e. The summed E-state index contributed by atoms with van der Waals surface area (Å²) in [6.07, 6.45) is 1.53. The van der Waals surface area contributed by atoms with Gasteiger partial charge in [0, 0.05) is 14.1 Å². The molecule has 0 aliphatic heterocycles. The number of nitrogens with zero attached hydrogens (tertiary/aromatic N) is 5. The van der Waals surface area contributed by atoms with Crippen LogP contribution in [0.25, 0.3) is 0 Å². The van der Waals surface area contributed by atoms with Crippen molar-refractivity contribution in [3.8, 4) is 0 Å². The highest BCUT2D eigenvalue weighted by Crippen LogP contribution is 2.34. The summed E-state index contributed by atoms with van der Waals surface area (Å²) in [7, 11) is 3.74. The lowest BCUT2D eigenvalue weighted by molar-refractivity contribution is 0.661. The molecule has 0 aliphatic rings. The van der Waals surface area contributed by atoms with Crippen LogP contribution < -0.4 is 5.73 Å². The Morgan fingerprint density at radius 3 is 2.47 bits per heavy atom. The third kappa shape index (κ3) is 2.14. The maximum Gasteiger partial charge on any atom is 0.192 e. The van der Waals surface area contributed by atoms with Crippen LogP contribution in [0.5, 0.6) is 0 Å². The van der Waals surface area contributed by atoms with Crippen molar-refractivity contribution >= 4 is 17.4 Å². The number of rotatable bonds is 3. The second kappa shape index (κ2) is 4.40. The molecule has 2 N–H and O–H groups in total. The van der Waals surface area contributed by atoms with E-state index < -0.39 is 0 Å². The normalized spacial score (nSPS) is 11.4. The van der Waals surface area contributed by atoms with Crippen LogP contribution in [-0.2, 0) is 14.1 Å². The molecule has 0 aromatic carbocycles. The van der Waals surface area contributed by atoms with E-state index >= 15 is 0 Å². The molecule has 2 aromatic rings. The van der Waals surface area contributed by atoms with Gasteiger partial charge in [-0.2, -0.15) is 10.2 Å². The van der Waals surface area contributed by atoms with Crippen LogP contribution in [-0.4, -0.2) is 24.5 Å². The van der Waals surface area contributed by atoms with Gasteiger partial charge >= 0.3 is 0 Å². The van der Waals surface area contributed by atoms with Gasteiger partial charge in [-0.05, 0) is 17.7 Å². The van der Waals surface area contributed by atoms with Crippen LogP contribution in [0.3, 0.4) is 0 Å². The molecule has 0 unspecified atom stereocenters. The van der Waals surface area contributed by atoms with E-state index in [2.05, 4.69) is 29.0 Å². The van der Waals surface area contributed by atoms with Gasteiger partial charge in [-0.25, -0.2) is 9.67 Å².